The van der Waals surface area contributed by atoms with Crippen molar-refractivity contribution in [3.05, 3.63) is 12.1 Å². The minimum Gasteiger partial charge on any atom is -0.398 e. The predicted octanol–water partition coefficient (Wildman–Crippen LogP) is 4.13. The van der Waals surface area contributed by atoms with Gasteiger partial charge in [0.1, 0.15) is 0 Å². The highest BCUT2D eigenvalue weighted by molar-refractivity contribution is 5.09. The van der Waals surface area contributed by atoms with E-state index in [0.29, 0.717) is 6.07 Å². The number of ether oxygens (including phenoxy) is 2. The molecule has 0 aromatic rings. The lowest BCUT2D eigenvalue weighted by Gasteiger charge is -2.40. The lowest BCUT2D eigenvalue weighted by atomic mass is 9.90. The molecule has 0 aliphatic carbocycles. The SMILES string of the molecule is COC(CC#N)(C(F)(F)F)C(F)(F)C(F)(F)OC(F)=C(F)F. The van der Waals surface area contributed by atoms with Crippen LogP contribution in [0.15, 0.2) is 12.1 Å². The van der Waals surface area contributed by atoms with Gasteiger partial charge < -0.3 is 9.47 Å². The summed E-state index contributed by atoms with van der Waals surface area (Å²) in [5.41, 5.74) is -5.12. The second kappa shape index (κ2) is 6.19. The number of alkyl halides is 7. The summed E-state index contributed by atoms with van der Waals surface area (Å²) >= 11 is 0. The number of rotatable bonds is 6. The number of nitrogens with zero attached hydrogens (tertiary/aromatic N) is 1. The summed E-state index contributed by atoms with van der Waals surface area (Å²) in [7, 11) is -0.0727. The first-order valence-electron chi connectivity index (χ1n) is 4.84. The van der Waals surface area contributed by atoms with Crippen molar-refractivity contribution >= 4 is 0 Å². The molecule has 0 aliphatic rings. The van der Waals surface area contributed by atoms with Crippen LogP contribution in [-0.2, 0) is 9.47 Å². The van der Waals surface area contributed by atoms with E-state index in [9.17, 15) is 43.9 Å². The Kier molecular flexibility index (Phi) is 5.71. The van der Waals surface area contributed by atoms with Crippen LogP contribution in [-0.4, -0.2) is 30.9 Å². The van der Waals surface area contributed by atoms with E-state index >= 15 is 0 Å². The third-order valence-electron chi connectivity index (χ3n) is 2.37. The van der Waals surface area contributed by atoms with E-state index in [0.717, 1.165) is 0 Å². The summed E-state index contributed by atoms with van der Waals surface area (Å²) in [6, 6.07) is -2.95. The molecule has 0 spiro atoms. The number of hydrogen-bond donors (Lipinski definition) is 0. The van der Waals surface area contributed by atoms with E-state index in [1.165, 1.54) is 0 Å². The van der Waals surface area contributed by atoms with Gasteiger partial charge in [0.25, 0.3) is 5.60 Å². The molecule has 0 aliphatic heterocycles. The van der Waals surface area contributed by atoms with Crippen LogP contribution < -0.4 is 0 Å². The fourth-order valence-electron chi connectivity index (χ4n) is 1.27. The molecular weight excluding hydrogens is 344 g/mol. The number of halogens is 10. The molecule has 0 saturated heterocycles. The zero-order valence-electron chi connectivity index (χ0n) is 10.3. The van der Waals surface area contributed by atoms with Gasteiger partial charge in [0.05, 0.1) is 12.5 Å². The number of nitriles is 1. The normalized spacial score (nSPS) is 15.7. The van der Waals surface area contributed by atoms with Crippen LogP contribution in [0.5, 0.6) is 0 Å². The van der Waals surface area contributed by atoms with Gasteiger partial charge in [-0.3, -0.25) is 0 Å². The van der Waals surface area contributed by atoms with Crippen molar-refractivity contribution < 1.29 is 53.4 Å². The van der Waals surface area contributed by atoms with Gasteiger partial charge in [-0.25, -0.2) is 0 Å². The third-order valence-corrected chi connectivity index (χ3v) is 2.37. The summed E-state index contributed by atoms with van der Waals surface area (Å²) in [5.74, 6) is -6.42. The predicted molar refractivity (Wildman–Crippen MR) is 47.4 cm³/mol. The highest BCUT2D eigenvalue weighted by Gasteiger charge is 2.81. The average Bonchev–Trinajstić information content (AvgIpc) is 2.32. The van der Waals surface area contributed by atoms with E-state index < -0.39 is 42.3 Å². The van der Waals surface area contributed by atoms with Crippen molar-refractivity contribution in [3.63, 3.8) is 0 Å². The Morgan fingerprint density at radius 1 is 1.00 bits per heavy atom. The fraction of sp³-hybridized carbons (Fsp3) is 0.667. The minimum atomic E-state index is -6.42. The molecule has 0 N–H and O–H groups in total. The first-order chi connectivity index (χ1) is 9.70. The Hall–Kier alpha value is -1.71. The highest BCUT2D eigenvalue weighted by atomic mass is 19.4. The van der Waals surface area contributed by atoms with Gasteiger partial charge in [-0.1, -0.05) is 0 Å². The van der Waals surface area contributed by atoms with Gasteiger partial charge in [0.2, 0.25) is 0 Å². The largest absolute Gasteiger partial charge is 0.469 e. The molecule has 0 fully saturated rings. The van der Waals surface area contributed by atoms with E-state index in [-0.39, 0.29) is 7.11 Å². The van der Waals surface area contributed by atoms with Crippen molar-refractivity contribution in [2.75, 3.05) is 7.11 Å². The second-order valence-electron chi connectivity index (χ2n) is 3.59. The molecule has 0 saturated carbocycles. The summed E-state index contributed by atoms with van der Waals surface area (Å²) < 4.78 is 132. The van der Waals surface area contributed by atoms with Crippen LogP contribution in [0.25, 0.3) is 0 Å². The summed E-state index contributed by atoms with van der Waals surface area (Å²) in [4.78, 5) is 0. The monoisotopic (exact) mass is 349 g/mol. The van der Waals surface area contributed by atoms with Gasteiger partial charge in [-0.05, 0) is 0 Å². The van der Waals surface area contributed by atoms with Crippen molar-refractivity contribution in [1.29, 1.82) is 5.26 Å². The molecule has 22 heavy (non-hydrogen) atoms. The molecule has 0 aromatic carbocycles. The number of hydrogen-bond acceptors (Lipinski definition) is 3. The van der Waals surface area contributed by atoms with Crippen molar-refractivity contribution in [2.24, 2.45) is 0 Å². The lowest BCUT2D eigenvalue weighted by molar-refractivity contribution is -0.429. The standard InChI is InChI=1S/C9H5F10NO2/c1-21-6(2-3-20,8(15,16)17)7(13,14)9(18,19)22-5(12)4(10)11/h2H2,1H3. The molecule has 13 heteroatoms. The molecule has 0 rings (SSSR count). The third kappa shape index (κ3) is 3.21. The molecule has 0 aromatic heterocycles. The quantitative estimate of drug-likeness (QED) is 0.535. The molecule has 1 unspecified atom stereocenters. The van der Waals surface area contributed by atoms with Gasteiger partial charge >= 0.3 is 30.3 Å². The van der Waals surface area contributed by atoms with E-state index in [1.807, 2.05) is 0 Å². The van der Waals surface area contributed by atoms with Crippen LogP contribution in [0.3, 0.4) is 0 Å². The Labute approximate surface area is 115 Å². The van der Waals surface area contributed by atoms with Crippen LogP contribution in [0.1, 0.15) is 6.42 Å². The maximum Gasteiger partial charge on any atom is 0.469 e. The Morgan fingerprint density at radius 3 is 1.73 bits per heavy atom. The zero-order chi connectivity index (χ0) is 18.0. The molecule has 0 amide bonds. The number of methoxy groups -OCH3 is 1. The molecule has 0 heterocycles. The molecular formula is C9H5F10NO2. The van der Waals surface area contributed by atoms with Crippen LogP contribution in [0, 0.1) is 11.3 Å². The van der Waals surface area contributed by atoms with Crippen LogP contribution >= 0.6 is 0 Å². The van der Waals surface area contributed by atoms with Gasteiger partial charge in [-0.2, -0.15) is 49.2 Å². The first-order valence-corrected chi connectivity index (χ1v) is 4.84. The Balaban J connectivity index is 6.12. The van der Waals surface area contributed by atoms with Gasteiger partial charge in [0, 0.05) is 7.11 Å². The van der Waals surface area contributed by atoms with E-state index in [1.54, 1.807) is 0 Å². The first kappa shape index (κ1) is 20.3. The van der Waals surface area contributed by atoms with Crippen molar-refractivity contribution in [3.8, 4) is 6.07 Å². The highest BCUT2D eigenvalue weighted by Crippen LogP contribution is 2.54. The maximum absolute atomic E-state index is 13.5. The fourth-order valence-corrected chi connectivity index (χ4v) is 1.27. The molecule has 0 radical (unpaired) electrons. The van der Waals surface area contributed by atoms with Gasteiger partial charge in [-0.15, -0.1) is 0 Å². The van der Waals surface area contributed by atoms with Crippen molar-refractivity contribution in [1.82, 2.24) is 0 Å². The van der Waals surface area contributed by atoms with Crippen LogP contribution in [0.2, 0.25) is 0 Å². The van der Waals surface area contributed by atoms with Crippen LogP contribution in [0.4, 0.5) is 43.9 Å². The smallest absolute Gasteiger partial charge is 0.398 e. The summed E-state index contributed by atoms with van der Waals surface area (Å²) in [5, 5.41) is 8.14. The molecule has 128 valence electrons. The van der Waals surface area contributed by atoms with Gasteiger partial charge in [0.15, 0.2) is 0 Å². The zero-order valence-corrected chi connectivity index (χ0v) is 10.3. The average molecular weight is 349 g/mol. The Morgan fingerprint density at radius 2 is 1.45 bits per heavy atom. The van der Waals surface area contributed by atoms with Crippen molar-refractivity contribution in [2.45, 2.75) is 30.2 Å². The summed E-state index contributed by atoms with van der Waals surface area (Å²) in [6.07, 6.45) is -18.6. The topological polar surface area (TPSA) is 42.2 Å². The minimum absolute atomic E-state index is 0.0727. The maximum atomic E-state index is 13.5. The summed E-state index contributed by atoms with van der Waals surface area (Å²) in [6.45, 7) is 0. The second-order valence-corrected chi connectivity index (χ2v) is 3.59. The lowest BCUT2D eigenvalue weighted by Crippen LogP contribution is -2.67. The Bertz CT molecular complexity index is 476. The van der Waals surface area contributed by atoms with E-state index in [2.05, 4.69) is 9.47 Å². The molecule has 1 atom stereocenters. The molecule has 0 bridgehead atoms. The van der Waals surface area contributed by atoms with E-state index in [4.69, 9.17) is 5.26 Å². The molecule has 3 nitrogen and oxygen atoms in total.